The van der Waals surface area contributed by atoms with Gasteiger partial charge in [0.05, 0.1) is 16.8 Å². The number of hydrogen-bond acceptors (Lipinski definition) is 4. The summed E-state index contributed by atoms with van der Waals surface area (Å²) in [5, 5.41) is 5.01. The first kappa shape index (κ1) is 20.5. The van der Waals surface area contributed by atoms with Gasteiger partial charge in [-0.2, -0.15) is 0 Å². The summed E-state index contributed by atoms with van der Waals surface area (Å²) < 4.78 is 1.63. The number of thiophene rings is 1. The first-order chi connectivity index (χ1) is 15.5. The summed E-state index contributed by atoms with van der Waals surface area (Å²) >= 11 is 7.94. The lowest BCUT2D eigenvalue weighted by Crippen LogP contribution is -2.38. The molecule has 5 nitrogen and oxygen atoms in total. The zero-order valence-electron chi connectivity index (χ0n) is 17.5. The van der Waals surface area contributed by atoms with E-state index in [1.54, 1.807) is 34.0 Å². The number of benzene rings is 2. The van der Waals surface area contributed by atoms with Gasteiger partial charge in [0.2, 0.25) is 5.91 Å². The number of aromatic nitrogens is 1. The number of carbonyl (C=O) groups is 1. The van der Waals surface area contributed by atoms with Crippen LogP contribution in [0.4, 0.5) is 0 Å². The summed E-state index contributed by atoms with van der Waals surface area (Å²) in [5.74, 6) is -0.128. The molecule has 1 atom stereocenters. The summed E-state index contributed by atoms with van der Waals surface area (Å²) in [4.78, 5) is 27.1. The Morgan fingerprint density at radius 2 is 1.84 bits per heavy atom. The quantitative estimate of drug-likeness (QED) is 0.446. The number of rotatable bonds is 3. The molecule has 0 unspecified atom stereocenters. The van der Waals surface area contributed by atoms with Crippen molar-refractivity contribution in [1.29, 1.82) is 0 Å². The predicted octanol–water partition coefficient (Wildman–Crippen LogP) is 5.37. The number of nitrogens with zero attached hydrogens (tertiary/aromatic N) is 2. The number of nitrogens with one attached hydrogen (secondary N) is 1. The van der Waals surface area contributed by atoms with Crippen LogP contribution < -0.4 is 11.0 Å². The third-order valence-corrected chi connectivity index (χ3v) is 6.89. The molecule has 160 valence electrons. The molecule has 4 aromatic rings. The van der Waals surface area contributed by atoms with Crippen molar-refractivity contribution in [3.63, 3.8) is 0 Å². The van der Waals surface area contributed by atoms with Crippen molar-refractivity contribution in [1.82, 2.24) is 15.0 Å². The maximum Gasteiger partial charge on any atom is 0.260 e. The minimum atomic E-state index is -0.286. The number of aryl methyl sites for hydroxylation is 1. The lowest BCUT2D eigenvalue weighted by molar-refractivity contribution is -0.131. The Labute approximate surface area is 194 Å². The molecule has 0 radical (unpaired) electrons. The van der Waals surface area contributed by atoms with E-state index < -0.39 is 0 Å². The summed E-state index contributed by atoms with van der Waals surface area (Å²) in [7, 11) is 1.76. The number of halogens is 1. The van der Waals surface area contributed by atoms with Gasteiger partial charge in [0.25, 0.3) is 5.56 Å². The fourth-order valence-electron chi connectivity index (χ4n) is 4.23. The van der Waals surface area contributed by atoms with Crippen LogP contribution in [0.2, 0.25) is 5.02 Å². The Kier molecular flexibility index (Phi) is 5.12. The van der Waals surface area contributed by atoms with Gasteiger partial charge in [-0.25, -0.2) is 5.01 Å². The second-order valence-corrected chi connectivity index (χ2v) is 9.10. The molecule has 0 saturated carbocycles. The van der Waals surface area contributed by atoms with Crippen molar-refractivity contribution in [2.45, 2.75) is 13.0 Å². The van der Waals surface area contributed by atoms with Gasteiger partial charge in [-0.15, -0.1) is 11.3 Å². The molecular formula is C25H20ClN3O2S. The largest absolute Gasteiger partial charge is 0.311 e. The molecule has 2 aromatic heterocycles. The molecule has 0 aliphatic carbocycles. The van der Waals surface area contributed by atoms with Gasteiger partial charge in [0.15, 0.2) is 0 Å². The number of carbonyl (C=O) groups excluding carboxylic acids is 1. The zero-order valence-corrected chi connectivity index (χ0v) is 19.1. The minimum absolute atomic E-state index is 0.128. The van der Waals surface area contributed by atoms with Gasteiger partial charge >= 0.3 is 0 Å². The average Bonchev–Trinajstić information content (AvgIpc) is 3.46. The molecule has 1 amide bonds. The van der Waals surface area contributed by atoms with E-state index in [0.717, 1.165) is 26.9 Å². The second-order valence-electron chi connectivity index (χ2n) is 7.68. The SMILES string of the molecule is CC(=O)N1NC(c2c(-c3ccccc3)c3cc(Cl)ccc3n(C)c2=O)=C[C@@H]1c1cccs1. The van der Waals surface area contributed by atoms with Gasteiger partial charge in [-0.1, -0.05) is 48.0 Å². The molecule has 3 heterocycles. The van der Waals surface area contributed by atoms with Gasteiger partial charge in [-0.05, 0) is 41.3 Å². The van der Waals surface area contributed by atoms with Crippen molar-refractivity contribution in [3.05, 3.63) is 97.9 Å². The molecule has 1 aliphatic rings. The highest BCUT2D eigenvalue weighted by Crippen LogP contribution is 2.38. The van der Waals surface area contributed by atoms with Crippen LogP contribution in [-0.4, -0.2) is 15.5 Å². The van der Waals surface area contributed by atoms with E-state index in [-0.39, 0.29) is 17.5 Å². The first-order valence-electron chi connectivity index (χ1n) is 10.2. The Hall–Kier alpha value is -3.35. The van der Waals surface area contributed by atoms with Crippen LogP contribution in [-0.2, 0) is 11.8 Å². The predicted molar refractivity (Wildman–Crippen MR) is 130 cm³/mol. The van der Waals surface area contributed by atoms with Crippen LogP contribution in [0.25, 0.3) is 27.7 Å². The van der Waals surface area contributed by atoms with E-state index in [0.29, 0.717) is 16.3 Å². The lowest BCUT2D eigenvalue weighted by Gasteiger charge is -2.23. The third kappa shape index (κ3) is 3.32. The Morgan fingerprint density at radius 1 is 1.06 bits per heavy atom. The van der Waals surface area contributed by atoms with E-state index in [9.17, 15) is 9.59 Å². The molecule has 1 aliphatic heterocycles. The number of fused-ring (bicyclic) bond motifs is 1. The van der Waals surface area contributed by atoms with Crippen LogP contribution in [0.5, 0.6) is 0 Å². The molecule has 5 rings (SSSR count). The lowest BCUT2D eigenvalue weighted by atomic mass is 9.94. The van der Waals surface area contributed by atoms with Crippen LogP contribution in [0.3, 0.4) is 0 Å². The van der Waals surface area contributed by atoms with Crippen molar-refractivity contribution in [2.75, 3.05) is 0 Å². The number of amides is 1. The third-order valence-electron chi connectivity index (χ3n) is 5.71. The molecule has 0 spiro atoms. The Morgan fingerprint density at radius 3 is 2.53 bits per heavy atom. The maximum atomic E-state index is 13.7. The summed E-state index contributed by atoms with van der Waals surface area (Å²) in [5.41, 5.74) is 6.68. The molecule has 2 aromatic carbocycles. The van der Waals surface area contributed by atoms with E-state index in [4.69, 9.17) is 11.6 Å². The second kappa shape index (κ2) is 7.97. The number of hydrogen-bond donors (Lipinski definition) is 1. The van der Waals surface area contributed by atoms with Gasteiger partial charge in [0, 0.05) is 34.8 Å². The fourth-order valence-corrected chi connectivity index (χ4v) is 5.18. The van der Waals surface area contributed by atoms with Gasteiger partial charge in [-0.3, -0.25) is 15.0 Å². The van der Waals surface area contributed by atoms with Crippen LogP contribution in [0.1, 0.15) is 23.4 Å². The van der Waals surface area contributed by atoms with Crippen LogP contribution >= 0.6 is 22.9 Å². The molecule has 7 heteroatoms. The van der Waals surface area contributed by atoms with E-state index in [1.165, 1.54) is 6.92 Å². The normalized spacial score (nSPS) is 15.7. The Balaban J connectivity index is 1.83. The van der Waals surface area contributed by atoms with Crippen LogP contribution in [0, 0.1) is 0 Å². The highest BCUT2D eigenvalue weighted by molar-refractivity contribution is 7.10. The molecule has 32 heavy (non-hydrogen) atoms. The maximum absolute atomic E-state index is 13.7. The Bertz CT molecular complexity index is 1430. The average molecular weight is 462 g/mol. The van der Waals surface area contributed by atoms with Crippen LogP contribution in [0.15, 0.2) is 76.9 Å². The number of hydrazine groups is 1. The first-order valence-corrected chi connectivity index (χ1v) is 11.4. The smallest absolute Gasteiger partial charge is 0.260 e. The fraction of sp³-hybridized carbons (Fsp3) is 0.120. The van der Waals surface area contributed by atoms with Crippen molar-refractivity contribution < 1.29 is 4.79 Å². The summed E-state index contributed by atoms with van der Waals surface area (Å²) in [6.45, 7) is 1.51. The zero-order chi connectivity index (χ0) is 22.4. The van der Waals surface area contributed by atoms with E-state index in [1.807, 2.05) is 66.1 Å². The monoisotopic (exact) mass is 461 g/mol. The molecule has 0 saturated heterocycles. The van der Waals surface area contributed by atoms with Crippen molar-refractivity contribution in [3.8, 4) is 11.1 Å². The highest BCUT2D eigenvalue weighted by atomic mass is 35.5. The topological polar surface area (TPSA) is 54.3 Å². The van der Waals surface area contributed by atoms with Gasteiger partial charge < -0.3 is 4.57 Å². The molecular weight excluding hydrogens is 442 g/mol. The highest BCUT2D eigenvalue weighted by Gasteiger charge is 2.32. The summed E-state index contributed by atoms with van der Waals surface area (Å²) in [6, 6.07) is 19.0. The van der Waals surface area contributed by atoms with Crippen molar-refractivity contribution >= 4 is 45.4 Å². The molecule has 0 fully saturated rings. The number of pyridine rings is 1. The minimum Gasteiger partial charge on any atom is -0.311 e. The van der Waals surface area contributed by atoms with E-state index >= 15 is 0 Å². The molecule has 1 N–H and O–H groups in total. The van der Waals surface area contributed by atoms with Gasteiger partial charge in [0.1, 0.15) is 6.04 Å². The summed E-state index contributed by atoms with van der Waals surface area (Å²) in [6.07, 6.45) is 1.95. The molecule has 0 bridgehead atoms. The van der Waals surface area contributed by atoms with E-state index in [2.05, 4.69) is 5.43 Å². The standard InChI is InChI=1S/C25H20ClN3O2S/c1-15(30)29-21(22-9-6-12-32-22)14-19(27-29)24-23(16-7-4-3-5-8-16)18-13-17(26)10-11-20(18)28(2)25(24)31/h3-14,21,27H,1-2H3/t21-/m1/s1. The van der Waals surface area contributed by atoms with Crippen molar-refractivity contribution in [2.24, 2.45) is 7.05 Å².